The Labute approximate surface area is 131 Å². The third kappa shape index (κ3) is 4.26. The smallest absolute Gasteiger partial charge is 0.271 e. The number of carbonyl (C=O) groups is 2. The summed E-state index contributed by atoms with van der Waals surface area (Å²) in [6, 6.07) is -0.114. The molecule has 2 N–H and O–H groups in total. The van der Waals surface area contributed by atoms with Gasteiger partial charge in [0.2, 0.25) is 5.91 Å². The quantitative estimate of drug-likeness (QED) is 0.782. The van der Waals surface area contributed by atoms with Gasteiger partial charge >= 0.3 is 0 Å². The summed E-state index contributed by atoms with van der Waals surface area (Å²) < 4.78 is 0. The van der Waals surface area contributed by atoms with Crippen LogP contribution in [0.15, 0.2) is 12.4 Å². The third-order valence-corrected chi connectivity index (χ3v) is 4.01. The molecule has 0 bridgehead atoms. The van der Waals surface area contributed by atoms with Crippen molar-refractivity contribution in [3.05, 3.63) is 23.8 Å². The van der Waals surface area contributed by atoms with Gasteiger partial charge in [0.05, 0.1) is 17.8 Å². The van der Waals surface area contributed by atoms with Crippen LogP contribution in [-0.4, -0.2) is 34.4 Å². The third-order valence-electron chi connectivity index (χ3n) is 4.01. The molecule has 6 heteroatoms. The predicted octanol–water partition coefficient (Wildman–Crippen LogP) is 1.60. The topological polar surface area (TPSA) is 84.0 Å². The Hall–Kier alpha value is -1.98. The van der Waals surface area contributed by atoms with E-state index in [-0.39, 0.29) is 23.8 Å². The lowest BCUT2D eigenvalue weighted by molar-refractivity contribution is -0.125. The van der Waals surface area contributed by atoms with Gasteiger partial charge in [-0.1, -0.05) is 19.8 Å². The summed E-state index contributed by atoms with van der Waals surface area (Å²) >= 11 is 0. The SMILES string of the molecule is CCCCNC(=O)[C@H]1CCC[C@H]1NC(=O)c1cnc(C)cn1. The van der Waals surface area contributed by atoms with Crippen molar-refractivity contribution in [2.45, 2.75) is 52.0 Å². The number of aromatic nitrogens is 2. The first kappa shape index (κ1) is 16.4. The minimum Gasteiger partial charge on any atom is -0.356 e. The zero-order chi connectivity index (χ0) is 15.9. The molecular formula is C16H24N4O2. The molecule has 0 saturated heterocycles. The van der Waals surface area contributed by atoms with E-state index in [0.717, 1.165) is 37.8 Å². The van der Waals surface area contributed by atoms with Crippen LogP contribution in [0.3, 0.4) is 0 Å². The van der Waals surface area contributed by atoms with Gasteiger partial charge in [-0.25, -0.2) is 4.98 Å². The van der Waals surface area contributed by atoms with Gasteiger partial charge in [0.1, 0.15) is 5.69 Å². The molecular weight excluding hydrogens is 280 g/mol. The van der Waals surface area contributed by atoms with Gasteiger partial charge in [0, 0.05) is 18.8 Å². The molecule has 0 aromatic carbocycles. The van der Waals surface area contributed by atoms with Gasteiger partial charge in [-0.2, -0.15) is 0 Å². The number of aryl methyl sites for hydroxylation is 1. The van der Waals surface area contributed by atoms with Gasteiger partial charge < -0.3 is 10.6 Å². The summed E-state index contributed by atoms with van der Waals surface area (Å²) in [7, 11) is 0. The first-order valence-electron chi connectivity index (χ1n) is 7.99. The molecule has 0 radical (unpaired) electrons. The van der Waals surface area contributed by atoms with Crippen molar-refractivity contribution in [3.63, 3.8) is 0 Å². The van der Waals surface area contributed by atoms with Crippen LogP contribution >= 0.6 is 0 Å². The maximum atomic E-state index is 12.2. The van der Waals surface area contributed by atoms with Crippen molar-refractivity contribution >= 4 is 11.8 Å². The Morgan fingerprint density at radius 3 is 2.77 bits per heavy atom. The second-order valence-electron chi connectivity index (χ2n) is 5.80. The van der Waals surface area contributed by atoms with Gasteiger partial charge in [-0.05, 0) is 26.2 Å². The summed E-state index contributed by atoms with van der Waals surface area (Å²) in [6.07, 6.45) is 7.68. The van der Waals surface area contributed by atoms with E-state index in [9.17, 15) is 9.59 Å². The number of nitrogens with one attached hydrogen (secondary N) is 2. The first-order valence-corrected chi connectivity index (χ1v) is 7.99. The highest BCUT2D eigenvalue weighted by Crippen LogP contribution is 2.26. The standard InChI is InChI=1S/C16H24N4O2/c1-3-4-8-17-15(21)12-6-5-7-13(12)20-16(22)14-10-18-11(2)9-19-14/h9-10,12-13H,3-8H2,1-2H3,(H,17,21)(H,20,22)/t12-,13+/m0/s1. The molecule has 2 amide bonds. The monoisotopic (exact) mass is 304 g/mol. The highest BCUT2D eigenvalue weighted by molar-refractivity contribution is 5.92. The summed E-state index contributed by atoms with van der Waals surface area (Å²) in [5.74, 6) is -0.351. The second kappa shape index (κ2) is 7.87. The molecule has 1 aliphatic rings. The normalized spacial score (nSPS) is 20.6. The minimum atomic E-state index is -0.259. The molecule has 120 valence electrons. The maximum absolute atomic E-state index is 12.2. The van der Waals surface area contributed by atoms with Crippen LogP contribution in [-0.2, 0) is 4.79 Å². The minimum absolute atomic E-state index is 0.0474. The average Bonchev–Trinajstić information content (AvgIpc) is 2.96. The lowest BCUT2D eigenvalue weighted by Crippen LogP contribution is -2.44. The van der Waals surface area contributed by atoms with E-state index in [1.54, 1.807) is 6.20 Å². The highest BCUT2D eigenvalue weighted by atomic mass is 16.2. The molecule has 0 unspecified atom stereocenters. The number of hydrogen-bond donors (Lipinski definition) is 2. The molecule has 1 saturated carbocycles. The van der Waals surface area contributed by atoms with E-state index >= 15 is 0 Å². The first-order chi connectivity index (χ1) is 10.6. The molecule has 0 spiro atoms. The Balaban J connectivity index is 1.91. The van der Waals surface area contributed by atoms with Crippen LogP contribution in [0.4, 0.5) is 0 Å². The predicted molar refractivity (Wildman–Crippen MR) is 83.3 cm³/mol. The van der Waals surface area contributed by atoms with Crippen LogP contribution in [0.1, 0.15) is 55.2 Å². The number of nitrogens with zero attached hydrogens (tertiary/aromatic N) is 2. The summed E-state index contributed by atoms with van der Waals surface area (Å²) in [5, 5.41) is 5.89. The molecule has 2 atom stereocenters. The van der Waals surface area contributed by atoms with Crippen molar-refractivity contribution in [1.29, 1.82) is 0 Å². The van der Waals surface area contributed by atoms with Crippen LogP contribution in [0.25, 0.3) is 0 Å². The number of amides is 2. The Morgan fingerprint density at radius 1 is 1.27 bits per heavy atom. The molecule has 1 aliphatic carbocycles. The van der Waals surface area contributed by atoms with E-state index in [4.69, 9.17) is 0 Å². The molecule has 1 fully saturated rings. The number of rotatable bonds is 6. The fourth-order valence-electron chi connectivity index (χ4n) is 2.72. The van der Waals surface area contributed by atoms with Crippen LogP contribution < -0.4 is 10.6 Å². The summed E-state index contributed by atoms with van der Waals surface area (Å²) in [6.45, 7) is 4.62. The molecule has 22 heavy (non-hydrogen) atoms. The fraction of sp³-hybridized carbons (Fsp3) is 0.625. The van der Waals surface area contributed by atoms with Gasteiger partial charge in [-0.3, -0.25) is 14.6 Å². The van der Waals surface area contributed by atoms with Crippen molar-refractivity contribution < 1.29 is 9.59 Å². The Morgan fingerprint density at radius 2 is 2.09 bits per heavy atom. The summed E-state index contributed by atoms with van der Waals surface area (Å²) in [5.41, 5.74) is 1.06. The van der Waals surface area contributed by atoms with Crippen molar-refractivity contribution in [2.75, 3.05) is 6.54 Å². The maximum Gasteiger partial charge on any atom is 0.271 e. The van der Waals surface area contributed by atoms with Crippen molar-refractivity contribution in [3.8, 4) is 0 Å². The lowest BCUT2D eigenvalue weighted by atomic mass is 10.0. The van der Waals surface area contributed by atoms with Crippen LogP contribution in [0.5, 0.6) is 0 Å². The van der Waals surface area contributed by atoms with Gasteiger partial charge in [0.15, 0.2) is 0 Å². The number of hydrogen-bond acceptors (Lipinski definition) is 4. The molecule has 0 aliphatic heterocycles. The van der Waals surface area contributed by atoms with E-state index in [1.165, 1.54) is 6.20 Å². The van der Waals surface area contributed by atoms with Crippen LogP contribution in [0.2, 0.25) is 0 Å². The summed E-state index contributed by atoms with van der Waals surface area (Å²) in [4.78, 5) is 32.5. The highest BCUT2D eigenvalue weighted by Gasteiger charge is 2.34. The van der Waals surface area contributed by atoms with Gasteiger partial charge in [-0.15, -0.1) is 0 Å². The van der Waals surface area contributed by atoms with E-state index in [0.29, 0.717) is 12.2 Å². The number of unbranched alkanes of at least 4 members (excludes halogenated alkanes) is 1. The van der Waals surface area contributed by atoms with Crippen molar-refractivity contribution in [1.82, 2.24) is 20.6 Å². The zero-order valence-electron chi connectivity index (χ0n) is 13.3. The average molecular weight is 304 g/mol. The second-order valence-corrected chi connectivity index (χ2v) is 5.80. The van der Waals surface area contributed by atoms with Gasteiger partial charge in [0.25, 0.3) is 5.91 Å². The molecule has 1 heterocycles. The zero-order valence-corrected chi connectivity index (χ0v) is 13.3. The van der Waals surface area contributed by atoms with E-state index in [2.05, 4.69) is 27.5 Å². The van der Waals surface area contributed by atoms with Crippen molar-refractivity contribution in [2.24, 2.45) is 5.92 Å². The lowest BCUT2D eigenvalue weighted by Gasteiger charge is -2.20. The Bertz CT molecular complexity index is 515. The Kier molecular flexibility index (Phi) is 5.86. The molecule has 1 aromatic heterocycles. The molecule has 2 rings (SSSR count). The van der Waals surface area contributed by atoms with Crippen LogP contribution in [0, 0.1) is 12.8 Å². The molecule has 1 aromatic rings. The van der Waals surface area contributed by atoms with E-state index < -0.39 is 0 Å². The molecule has 6 nitrogen and oxygen atoms in total. The fourth-order valence-corrected chi connectivity index (χ4v) is 2.72. The largest absolute Gasteiger partial charge is 0.356 e. The number of carbonyl (C=O) groups excluding carboxylic acids is 2. The van der Waals surface area contributed by atoms with E-state index in [1.807, 2.05) is 6.92 Å².